The molecule has 1 saturated heterocycles. The SMILES string of the molecule is CC[C@@H]1C(=O)N(C)c2cnc(Cc3ccc(C(=O)CCc4cn(CCOCCNCCC(=O)Nc5cccc6c5CN(C5CCC(=O)NC5=O)C6=O)nn4)cc3OC)nc2N1C1CCCC1.Cl. The number of halogens is 1. The number of fused-ring (bicyclic) bond motifs is 2. The molecule has 4 aliphatic rings. The predicted octanol–water partition coefficient (Wildman–Crippen LogP) is 3.80. The van der Waals surface area contributed by atoms with Crippen LogP contribution in [0, 0.1) is 0 Å². The largest absolute Gasteiger partial charge is 0.496 e. The molecular formula is C47H58ClN11O8. The maximum absolute atomic E-state index is 13.3. The molecule has 1 saturated carbocycles. The van der Waals surface area contributed by atoms with Gasteiger partial charge in [0.15, 0.2) is 11.6 Å². The van der Waals surface area contributed by atoms with Gasteiger partial charge >= 0.3 is 0 Å². The van der Waals surface area contributed by atoms with Gasteiger partial charge in [-0.25, -0.2) is 14.6 Å². The fraction of sp³-hybridized carbons (Fsp3) is 0.489. The van der Waals surface area contributed by atoms with E-state index in [0.717, 1.165) is 42.8 Å². The summed E-state index contributed by atoms with van der Waals surface area (Å²) in [6.07, 6.45) is 10.3. The predicted molar refractivity (Wildman–Crippen MR) is 249 cm³/mol. The molecule has 0 spiro atoms. The number of ether oxygens (including phenoxy) is 2. The van der Waals surface area contributed by atoms with Crippen LogP contribution >= 0.6 is 12.4 Å². The van der Waals surface area contributed by atoms with Crippen LogP contribution in [0.5, 0.6) is 5.75 Å². The van der Waals surface area contributed by atoms with Crippen LogP contribution in [0.1, 0.15) is 108 Å². The van der Waals surface area contributed by atoms with Gasteiger partial charge in [-0.3, -0.25) is 34.1 Å². The number of hydrogen-bond donors (Lipinski definition) is 3. The van der Waals surface area contributed by atoms with E-state index < -0.39 is 11.9 Å². The molecule has 8 rings (SSSR count). The summed E-state index contributed by atoms with van der Waals surface area (Å²) < 4.78 is 13.2. The first-order chi connectivity index (χ1) is 32.0. The lowest BCUT2D eigenvalue weighted by atomic mass is 10.0. The van der Waals surface area contributed by atoms with E-state index in [1.165, 1.54) is 4.90 Å². The van der Waals surface area contributed by atoms with Gasteiger partial charge in [0.25, 0.3) is 5.91 Å². The van der Waals surface area contributed by atoms with E-state index in [9.17, 15) is 28.8 Å². The highest BCUT2D eigenvalue weighted by atomic mass is 35.5. The van der Waals surface area contributed by atoms with Crippen molar-refractivity contribution in [2.45, 2.75) is 109 Å². The normalized spacial score (nSPS) is 18.2. The summed E-state index contributed by atoms with van der Waals surface area (Å²) >= 11 is 0. The second kappa shape index (κ2) is 22.0. The molecule has 2 fully saturated rings. The van der Waals surface area contributed by atoms with Crippen LogP contribution in [-0.2, 0) is 49.8 Å². The van der Waals surface area contributed by atoms with Crippen LogP contribution in [-0.4, -0.2) is 124 Å². The molecule has 0 bridgehead atoms. The first-order valence-corrected chi connectivity index (χ1v) is 22.9. The number of hydrogen-bond acceptors (Lipinski definition) is 14. The number of imide groups is 1. The Morgan fingerprint density at radius 3 is 2.60 bits per heavy atom. The molecule has 2 aromatic heterocycles. The average molecular weight is 941 g/mol. The number of aromatic nitrogens is 5. The molecule has 2 atom stereocenters. The maximum atomic E-state index is 13.3. The van der Waals surface area contributed by atoms with Gasteiger partial charge in [-0.15, -0.1) is 17.5 Å². The number of methoxy groups -OCH3 is 1. The molecule has 4 aromatic rings. The van der Waals surface area contributed by atoms with Crippen LogP contribution in [0.3, 0.4) is 0 Å². The molecule has 356 valence electrons. The Morgan fingerprint density at radius 2 is 1.82 bits per heavy atom. The van der Waals surface area contributed by atoms with E-state index in [0.29, 0.717) is 91.8 Å². The van der Waals surface area contributed by atoms with Gasteiger partial charge in [0, 0.05) is 99.0 Å². The standard InChI is InChI=1S/C47H57N11O8.ClH/c1-4-36-47(64)55(2)38-26-49-41(51-44(38)58(36)32-8-5-6-9-32)25-30-13-12-29(24-40(30)65-3)39(59)16-14-31-27-56(54-53-31)21-23-66-22-20-48-19-18-43(61)50-35-11-7-10-33-34(35)28-57(46(33)63)37-15-17-42(60)52-45(37)62;/h7,10-13,24,26-27,32,36-37,48H,4-6,8-9,14-23,25,28H2,1-3H3,(H,50,61)(H,52,60,62);1H/t36-,37?;/m1./s1. The number of Topliss-reactive ketones (excluding diaryl/α,β-unsaturated/α-hetero) is 1. The first-order valence-electron chi connectivity index (χ1n) is 22.9. The zero-order chi connectivity index (χ0) is 46.3. The van der Waals surface area contributed by atoms with Gasteiger partial charge in [0.05, 0.1) is 38.8 Å². The second-order valence-corrected chi connectivity index (χ2v) is 17.2. The lowest BCUT2D eigenvalue weighted by molar-refractivity contribution is -0.137. The molecule has 1 unspecified atom stereocenters. The molecular weight excluding hydrogens is 882 g/mol. The third kappa shape index (κ3) is 11.0. The number of likely N-dealkylation sites (N-methyl/N-ethyl adjacent to an activating group) is 1. The highest BCUT2D eigenvalue weighted by molar-refractivity contribution is 6.07. The average Bonchev–Trinajstić information content (AvgIpc) is 4.09. The molecule has 19 nitrogen and oxygen atoms in total. The van der Waals surface area contributed by atoms with E-state index in [1.54, 1.807) is 54.2 Å². The van der Waals surface area contributed by atoms with Crippen LogP contribution in [0.2, 0.25) is 0 Å². The number of nitrogens with zero attached hydrogens (tertiary/aromatic N) is 8. The van der Waals surface area contributed by atoms with Crippen molar-refractivity contribution in [1.82, 2.24) is 40.5 Å². The Bertz CT molecular complexity index is 2490. The van der Waals surface area contributed by atoms with Gasteiger partial charge in [0.2, 0.25) is 23.6 Å². The Hall–Kier alpha value is -6.31. The van der Waals surface area contributed by atoms with Crippen LogP contribution in [0.25, 0.3) is 0 Å². The Balaban J connectivity index is 0.00000666. The van der Waals surface area contributed by atoms with E-state index in [2.05, 4.69) is 36.1 Å². The Morgan fingerprint density at radius 1 is 1.00 bits per heavy atom. The number of rotatable bonds is 20. The van der Waals surface area contributed by atoms with Crippen LogP contribution in [0.4, 0.5) is 17.2 Å². The van der Waals surface area contributed by atoms with Crippen LogP contribution in [0.15, 0.2) is 48.8 Å². The van der Waals surface area contributed by atoms with Gasteiger partial charge in [-0.1, -0.05) is 43.2 Å². The number of nitrogens with one attached hydrogen (secondary N) is 3. The molecule has 20 heteroatoms. The summed E-state index contributed by atoms with van der Waals surface area (Å²) in [4.78, 5) is 91.5. The minimum absolute atomic E-state index is 0. The third-order valence-corrected chi connectivity index (χ3v) is 12.9. The van der Waals surface area contributed by atoms with Gasteiger partial charge in [-0.2, -0.15) is 0 Å². The highest BCUT2D eigenvalue weighted by Gasteiger charge is 2.42. The molecule has 3 N–H and O–H groups in total. The fourth-order valence-electron chi connectivity index (χ4n) is 9.33. The van der Waals surface area contributed by atoms with E-state index in [1.807, 2.05) is 25.3 Å². The summed E-state index contributed by atoms with van der Waals surface area (Å²) in [5.74, 6) is 0.686. The maximum Gasteiger partial charge on any atom is 0.255 e. The minimum atomic E-state index is -0.729. The molecule has 2 aromatic carbocycles. The Labute approximate surface area is 395 Å². The smallest absolute Gasteiger partial charge is 0.255 e. The summed E-state index contributed by atoms with van der Waals surface area (Å²) in [7, 11) is 3.38. The highest BCUT2D eigenvalue weighted by Crippen LogP contribution is 2.40. The molecule has 1 aliphatic carbocycles. The summed E-state index contributed by atoms with van der Waals surface area (Å²) in [5.41, 5.74) is 4.42. The number of piperidine rings is 1. The van der Waals surface area contributed by atoms with Crippen molar-refractivity contribution in [3.05, 3.63) is 82.6 Å². The second-order valence-electron chi connectivity index (χ2n) is 17.2. The number of carbonyl (C=O) groups excluding carboxylic acids is 6. The van der Waals surface area contributed by atoms with E-state index >= 15 is 0 Å². The molecule has 3 aliphatic heterocycles. The quantitative estimate of drug-likeness (QED) is 0.0652. The molecule has 0 radical (unpaired) electrons. The topological polar surface area (TPSA) is 223 Å². The van der Waals surface area contributed by atoms with Crippen molar-refractivity contribution >= 4 is 64.9 Å². The van der Waals surface area contributed by atoms with Gasteiger partial charge in [0.1, 0.15) is 29.3 Å². The zero-order valence-corrected chi connectivity index (χ0v) is 38.9. The first kappa shape index (κ1) is 48.6. The third-order valence-electron chi connectivity index (χ3n) is 12.9. The van der Waals surface area contributed by atoms with Gasteiger partial charge < -0.3 is 34.8 Å². The Kier molecular flexibility index (Phi) is 16.0. The zero-order valence-electron chi connectivity index (χ0n) is 38.1. The number of ketones is 1. The van der Waals surface area contributed by atoms with E-state index in [4.69, 9.17) is 14.5 Å². The summed E-state index contributed by atoms with van der Waals surface area (Å²) in [6.45, 7) is 4.46. The number of anilines is 3. The molecule has 5 heterocycles. The monoisotopic (exact) mass is 939 g/mol. The van der Waals surface area contributed by atoms with Crippen LogP contribution < -0.4 is 30.5 Å². The molecule has 5 amide bonds. The van der Waals surface area contributed by atoms with Crippen molar-refractivity contribution in [3.8, 4) is 5.75 Å². The molecule has 67 heavy (non-hydrogen) atoms. The number of aryl methyl sites for hydroxylation is 1. The number of carbonyl (C=O) groups is 6. The lowest BCUT2D eigenvalue weighted by Gasteiger charge is -2.43. The van der Waals surface area contributed by atoms with Crippen molar-refractivity contribution in [2.75, 3.05) is 55.6 Å². The minimum Gasteiger partial charge on any atom is -0.496 e. The number of benzene rings is 2. The lowest BCUT2D eigenvalue weighted by Crippen LogP contribution is -2.55. The van der Waals surface area contributed by atoms with Crippen molar-refractivity contribution in [2.24, 2.45) is 0 Å². The fourth-order valence-corrected chi connectivity index (χ4v) is 9.33. The van der Waals surface area contributed by atoms with Gasteiger partial charge in [-0.05, 0) is 43.9 Å². The van der Waals surface area contributed by atoms with Crippen molar-refractivity contribution < 1.29 is 38.2 Å². The van der Waals surface area contributed by atoms with Crippen molar-refractivity contribution in [3.63, 3.8) is 0 Å². The summed E-state index contributed by atoms with van der Waals surface area (Å²) in [6, 6.07) is 9.86. The number of amides is 5. The summed E-state index contributed by atoms with van der Waals surface area (Å²) in [5, 5.41) is 16.8. The van der Waals surface area contributed by atoms with E-state index in [-0.39, 0.29) is 86.1 Å². The van der Waals surface area contributed by atoms with Crippen molar-refractivity contribution in [1.29, 1.82) is 0 Å².